The van der Waals surface area contributed by atoms with Crippen LogP contribution in [0.4, 0.5) is 4.79 Å². The van der Waals surface area contributed by atoms with Gasteiger partial charge in [-0.1, -0.05) is 0 Å². The van der Waals surface area contributed by atoms with Gasteiger partial charge in [0.2, 0.25) is 0 Å². The predicted molar refractivity (Wildman–Crippen MR) is 68.6 cm³/mol. The van der Waals surface area contributed by atoms with Crippen LogP contribution in [0.3, 0.4) is 0 Å². The zero-order chi connectivity index (χ0) is 13.5. The van der Waals surface area contributed by atoms with Crippen LogP contribution in [-0.2, 0) is 4.79 Å². The van der Waals surface area contributed by atoms with Gasteiger partial charge in [0.25, 0.3) is 0 Å². The van der Waals surface area contributed by atoms with Gasteiger partial charge in [-0.05, 0) is 32.9 Å². The van der Waals surface area contributed by atoms with E-state index in [2.05, 4.69) is 17.3 Å². The van der Waals surface area contributed by atoms with Crippen molar-refractivity contribution >= 4 is 12.0 Å². The summed E-state index contributed by atoms with van der Waals surface area (Å²) < 4.78 is 0. The van der Waals surface area contributed by atoms with Crippen molar-refractivity contribution in [2.24, 2.45) is 0 Å². The molecule has 1 saturated heterocycles. The Morgan fingerprint density at radius 2 is 2.22 bits per heavy atom. The summed E-state index contributed by atoms with van der Waals surface area (Å²) in [6.07, 6.45) is 2.71. The Labute approximate surface area is 108 Å². The fraction of sp³-hybridized carbons (Fsp3) is 0.833. The highest BCUT2D eigenvalue weighted by atomic mass is 16.4. The van der Waals surface area contributed by atoms with E-state index in [0.29, 0.717) is 13.0 Å². The number of likely N-dealkylation sites (tertiary alicyclic amines) is 1. The number of rotatable bonds is 5. The van der Waals surface area contributed by atoms with Crippen LogP contribution >= 0.6 is 0 Å². The third-order valence-electron chi connectivity index (χ3n) is 3.18. The van der Waals surface area contributed by atoms with E-state index in [1.807, 2.05) is 0 Å². The molecule has 104 valence electrons. The Bertz CT molecular complexity index is 296. The number of aliphatic carboxylic acids is 1. The number of urea groups is 1. The second-order valence-electron chi connectivity index (χ2n) is 4.97. The van der Waals surface area contributed by atoms with Gasteiger partial charge in [-0.15, -0.1) is 0 Å². The van der Waals surface area contributed by atoms with Crippen LogP contribution in [-0.4, -0.2) is 66.7 Å². The summed E-state index contributed by atoms with van der Waals surface area (Å²) in [6, 6.07) is 0.0962. The number of hydrogen-bond donors (Lipinski definition) is 2. The number of hydrogen-bond acceptors (Lipinski definition) is 3. The van der Waals surface area contributed by atoms with E-state index >= 15 is 0 Å². The maximum absolute atomic E-state index is 11.8. The van der Waals surface area contributed by atoms with Gasteiger partial charge in [0.05, 0.1) is 0 Å². The number of piperidine rings is 1. The number of nitrogens with one attached hydrogen (secondary N) is 1. The number of carbonyl (C=O) groups is 2. The fourth-order valence-electron chi connectivity index (χ4n) is 2.14. The smallest absolute Gasteiger partial charge is 0.317 e. The first-order valence-corrected chi connectivity index (χ1v) is 6.41. The molecule has 18 heavy (non-hydrogen) atoms. The topological polar surface area (TPSA) is 72.9 Å². The Morgan fingerprint density at radius 3 is 2.83 bits per heavy atom. The number of likely N-dealkylation sites (N-methyl/N-ethyl adjacent to an activating group) is 1. The molecule has 0 aromatic heterocycles. The number of carboxylic acid groups (broad SMARTS) is 1. The van der Waals surface area contributed by atoms with Crippen LogP contribution in [0.5, 0.6) is 0 Å². The molecule has 1 aliphatic heterocycles. The van der Waals surface area contributed by atoms with E-state index in [0.717, 1.165) is 25.9 Å². The molecule has 0 radical (unpaired) electrons. The molecule has 0 aromatic carbocycles. The normalized spacial score (nSPS) is 20.4. The van der Waals surface area contributed by atoms with Crippen molar-refractivity contribution in [3.05, 3.63) is 0 Å². The third-order valence-corrected chi connectivity index (χ3v) is 3.18. The van der Waals surface area contributed by atoms with E-state index in [4.69, 9.17) is 5.11 Å². The summed E-state index contributed by atoms with van der Waals surface area (Å²) >= 11 is 0. The molecule has 0 spiro atoms. The Kier molecular flexibility index (Phi) is 5.91. The summed E-state index contributed by atoms with van der Waals surface area (Å²) in [4.78, 5) is 26.0. The summed E-state index contributed by atoms with van der Waals surface area (Å²) in [6.45, 7) is 2.44. The Balaban J connectivity index is 2.24. The maximum Gasteiger partial charge on any atom is 0.317 e. The highest BCUT2D eigenvalue weighted by Gasteiger charge is 2.20. The molecular weight excluding hydrogens is 234 g/mol. The van der Waals surface area contributed by atoms with Crippen molar-refractivity contribution in [3.63, 3.8) is 0 Å². The lowest BCUT2D eigenvalue weighted by Gasteiger charge is -2.31. The van der Waals surface area contributed by atoms with Crippen molar-refractivity contribution in [2.75, 3.05) is 33.7 Å². The molecule has 1 heterocycles. The number of carbonyl (C=O) groups excluding carboxylic acids is 1. The lowest BCUT2D eigenvalue weighted by molar-refractivity contribution is -0.137. The van der Waals surface area contributed by atoms with Crippen LogP contribution in [0.2, 0.25) is 0 Å². The second-order valence-corrected chi connectivity index (χ2v) is 4.97. The standard InChI is InChI=1S/C12H23N3O3/c1-14-7-3-5-10(9-14)13-12(18)15(2)8-4-6-11(16)17/h10H,3-9H2,1-2H3,(H,13,18)(H,16,17). The van der Waals surface area contributed by atoms with Gasteiger partial charge in [-0.2, -0.15) is 0 Å². The van der Waals surface area contributed by atoms with Gasteiger partial charge in [-0.25, -0.2) is 4.79 Å². The van der Waals surface area contributed by atoms with Crippen molar-refractivity contribution in [3.8, 4) is 0 Å². The zero-order valence-electron chi connectivity index (χ0n) is 11.2. The van der Waals surface area contributed by atoms with Crippen LogP contribution in [0.25, 0.3) is 0 Å². The molecule has 0 aromatic rings. The minimum atomic E-state index is -0.822. The highest BCUT2D eigenvalue weighted by molar-refractivity contribution is 5.74. The number of amides is 2. The fourth-order valence-corrected chi connectivity index (χ4v) is 2.14. The van der Waals surface area contributed by atoms with E-state index in [1.54, 1.807) is 11.9 Å². The molecule has 0 aliphatic carbocycles. The van der Waals surface area contributed by atoms with Crippen LogP contribution in [0.15, 0.2) is 0 Å². The zero-order valence-corrected chi connectivity index (χ0v) is 11.2. The molecule has 1 aliphatic rings. The first kappa shape index (κ1) is 14.8. The van der Waals surface area contributed by atoms with E-state index < -0.39 is 5.97 Å². The molecule has 1 rings (SSSR count). The van der Waals surface area contributed by atoms with E-state index in [-0.39, 0.29) is 18.5 Å². The van der Waals surface area contributed by atoms with Gasteiger partial charge in [0.1, 0.15) is 0 Å². The molecule has 2 N–H and O–H groups in total. The third kappa shape index (κ3) is 5.35. The molecule has 6 heteroatoms. The summed E-state index contributed by atoms with van der Waals surface area (Å²) in [5.74, 6) is -0.822. The summed E-state index contributed by atoms with van der Waals surface area (Å²) in [5.41, 5.74) is 0. The number of nitrogens with zero attached hydrogens (tertiary/aromatic N) is 2. The number of carboxylic acids is 1. The summed E-state index contributed by atoms with van der Waals surface area (Å²) in [7, 11) is 3.75. The van der Waals surface area contributed by atoms with E-state index in [1.165, 1.54) is 0 Å². The Morgan fingerprint density at radius 1 is 1.50 bits per heavy atom. The van der Waals surface area contributed by atoms with Crippen LogP contribution in [0, 0.1) is 0 Å². The van der Waals surface area contributed by atoms with Crippen LogP contribution < -0.4 is 5.32 Å². The molecule has 0 saturated carbocycles. The van der Waals surface area contributed by atoms with Crippen molar-refractivity contribution < 1.29 is 14.7 Å². The Hall–Kier alpha value is -1.30. The van der Waals surface area contributed by atoms with Gasteiger partial charge in [0.15, 0.2) is 0 Å². The minimum Gasteiger partial charge on any atom is -0.481 e. The first-order valence-electron chi connectivity index (χ1n) is 6.41. The molecule has 1 atom stereocenters. The first-order chi connectivity index (χ1) is 8.49. The molecule has 2 amide bonds. The average Bonchev–Trinajstić information content (AvgIpc) is 2.28. The maximum atomic E-state index is 11.8. The largest absolute Gasteiger partial charge is 0.481 e. The molecule has 6 nitrogen and oxygen atoms in total. The van der Waals surface area contributed by atoms with Crippen molar-refractivity contribution in [2.45, 2.75) is 31.7 Å². The van der Waals surface area contributed by atoms with Crippen molar-refractivity contribution in [1.29, 1.82) is 0 Å². The lowest BCUT2D eigenvalue weighted by atomic mass is 10.1. The van der Waals surface area contributed by atoms with Crippen LogP contribution in [0.1, 0.15) is 25.7 Å². The minimum absolute atomic E-state index is 0.101. The average molecular weight is 257 g/mol. The molecule has 1 fully saturated rings. The van der Waals surface area contributed by atoms with Gasteiger partial charge >= 0.3 is 12.0 Å². The SMILES string of the molecule is CN1CCCC(NC(=O)N(C)CCCC(=O)O)C1. The molecule has 0 bridgehead atoms. The second kappa shape index (κ2) is 7.20. The van der Waals surface area contributed by atoms with Gasteiger partial charge < -0.3 is 20.2 Å². The molecular formula is C12H23N3O3. The highest BCUT2D eigenvalue weighted by Crippen LogP contribution is 2.08. The molecule has 1 unspecified atom stereocenters. The van der Waals surface area contributed by atoms with Gasteiger partial charge in [-0.3, -0.25) is 4.79 Å². The van der Waals surface area contributed by atoms with Crippen molar-refractivity contribution in [1.82, 2.24) is 15.1 Å². The summed E-state index contributed by atoms with van der Waals surface area (Å²) in [5, 5.41) is 11.5. The van der Waals surface area contributed by atoms with Gasteiger partial charge in [0, 0.05) is 32.6 Å². The monoisotopic (exact) mass is 257 g/mol. The lowest BCUT2D eigenvalue weighted by Crippen LogP contribution is -2.50. The quantitative estimate of drug-likeness (QED) is 0.756. The predicted octanol–water partition coefficient (Wildman–Crippen LogP) is 0.587. The van der Waals surface area contributed by atoms with E-state index in [9.17, 15) is 9.59 Å².